The molecule has 3 rings (SSSR count). The summed E-state index contributed by atoms with van der Waals surface area (Å²) in [6.45, 7) is 4.72. The van der Waals surface area contributed by atoms with Crippen molar-refractivity contribution in [3.8, 4) is 5.75 Å². The van der Waals surface area contributed by atoms with Gasteiger partial charge in [-0.15, -0.1) is 11.3 Å². The number of Topliss-reactive ketones (excluding diaryl/α,β-unsaturated/α-hetero) is 1. The first-order chi connectivity index (χ1) is 13.9. The maximum Gasteiger partial charge on any atom is 0.295 e. The van der Waals surface area contributed by atoms with Crippen LogP contribution in [0.15, 0.2) is 47.4 Å². The summed E-state index contributed by atoms with van der Waals surface area (Å²) in [6.07, 6.45) is 0.637. The highest BCUT2D eigenvalue weighted by molar-refractivity contribution is 7.10. The largest absolute Gasteiger partial charge is 0.507 e. The molecule has 1 aromatic heterocycles. The van der Waals surface area contributed by atoms with Gasteiger partial charge in [0, 0.05) is 30.7 Å². The summed E-state index contributed by atoms with van der Waals surface area (Å²) in [5, 5.41) is 12.9. The standard InChI is InChI=1S/C22H25NO5S/c1-14(2)28-16-9-7-15(8-10-16)20(24)18-19(17-6-4-13-29-17)23(11-5-12-27-3)22(26)21(18)25/h4,6-10,13-14,19,24H,5,11-12H2,1-3H3/b20-18-. The number of thiophene rings is 1. The fourth-order valence-electron chi connectivity index (χ4n) is 3.35. The van der Waals surface area contributed by atoms with E-state index in [-0.39, 0.29) is 17.4 Å². The van der Waals surface area contributed by atoms with Crippen molar-refractivity contribution in [2.45, 2.75) is 32.4 Å². The van der Waals surface area contributed by atoms with Gasteiger partial charge in [-0.1, -0.05) is 6.07 Å². The number of carbonyl (C=O) groups is 2. The number of benzene rings is 1. The van der Waals surface area contributed by atoms with E-state index in [9.17, 15) is 14.7 Å². The molecule has 0 aliphatic carbocycles. The van der Waals surface area contributed by atoms with E-state index >= 15 is 0 Å². The fraction of sp³-hybridized carbons (Fsp3) is 0.364. The van der Waals surface area contributed by atoms with Crippen molar-refractivity contribution in [3.05, 3.63) is 57.8 Å². The SMILES string of the molecule is COCCCN1C(=O)C(=O)/C(=C(\O)c2ccc(OC(C)C)cc2)C1c1cccs1. The normalized spacial score (nSPS) is 18.6. The molecule has 1 unspecified atom stereocenters. The van der Waals surface area contributed by atoms with Crippen molar-refractivity contribution in [1.29, 1.82) is 0 Å². The molecule has 154 valence electrons. The maximum atomic E-state index is 12.8. The number of nitrogens with zero attached hydrogens (tertiary/aromatic N) is 1. The van der Waals surface area contributed by atoms with Gasteiger partial charge in [-0.2, -0.15) is 0 Å². The molecule has 0 saturated carbocycles. The zero-order valence-corrected chi connectivity index (χ0v) is 17.6. The molecule has 0 bridgehead atoms. The average Bonchev–Trinajstić information content (AvgIpc) is 3.30. The highest BCUT2D eigenvalue weighted by Gasteiger charge is 2.46. The van der Waals surface area contributed by atoms with Crippen LogP contribution in [0.25, 0.3) is 5.76 Å². The van der Waals surface area contributed by atoms with Gasteiger partial charge in [0.25, 0.3) is 11.7 Å². The van der Waals surface area contributed by atoms with E-state index < -0.39 is 17.7 Å². The van der Waals surface area contributed by atoms with Gasteiger partial charge >= 0.3 is 0 Å². The third-order valence-electron chi connectivity index (χ3n) is 4.60. The lowest BCUT2D eigenvalue weighted by Gasteiger charge is -2.24. The van der Waals surface area contributed by atoms with Gasteiger partial charge < -0.3 is 19.5 Å². The van der Waals surface area contributed by atoms with Crippen LogP contribution in [0, 0.1) is 0 Å². The van der Waals surface area contributed by atoms with Crippen LogP contribution in [-0.4, -0.2) is 48.1 Å². The molecular formula is C22H25NO5S. The predicted octanol–water partition coefficient (Wildman–Crippen LogP) is 3.99. The summed E-state index contributed by atoms with van der Waals surface area (Å²) >= 11 is 1.45. The van der Waals surface area contributed by atoms with Gasteiger partial charge in [-0.05, 0) is 56.0 Å². The summed E-state index contributed by atoms with van der Waals surface area (Å²) in [5.74, 6) is -0.764. The molecule has 0 spiro atoms. The number of carbonyl (C=O) groups excluding carboxylic acids is 2. The number of aliphatic hydroxyl groups excluding tert-OH is 1. The van der Waals surface area contributed by atoms with Crippen LogP contribution in [0.5, 0.6) is 5.75 Å². The van der Waals surface area contributed by atoms with E-state index in [4.69, 9.17) is 9.47 Å². The summed E-state index contributed by atoms with van der Waals surface area (Å²) < 4.78 is 10.7. The zero-order valence-electron chi connectivity index (χ0n) is 16.8. The Labute approximate surface area is 174 Å². The Kier molecular flexibility index (Phi) is 6.71. The minimum absolute atomic E-state index is 0.0331. The number of likely N-dealkylation sites (tertiary alicyclic amines) is 1. The summed E-state index contributed by atoms with van der Waals surface area (Å²) in [5.41, 5.74) is 0.588. The average molecular weight is 416 g/mol. The van der Waals surface area contributed by atoms with Gasteiger partial charge in [0.05, 0.1) is 17.7 Å². The molecule has 1 amide bonds. The van der Waals surface area contributed by atoms with Crippen molar-refractivity contribution in [3.63, 3.8) is 0 Å². The van der Waals surface area contributed by atoms with E-state index in [1.807, 2.05) is 31.4 Å². The number of ketones is 1. The smallest absolute Gasteiger partial charge is 0.295 e. The zero-order chi connectivity index (χ0) is 21.0. The van der Waals surface area contributed by atoms with Crippen LogP contribution in [0.2, 0.25) is 0 Å². The minimum Gasteiger partial charge on any atom is -0.507 e. The van der Waals surface area contributed by atoms with E-state index in [0.29, 0.717) is 30.9 Å². The Bertz CT molecular complexity index is 886. The van der Waals surface area contributed by atoms with Crippen molar-refractivity contribution < 1.29 is 24.2 Å². The van der Waals surface area contributed by atoms with Gasteiger partial charge in [0.2, 0.25) is 0 Å². The second-order valence-electron chi connectivity index (χ2n) is 7.05. The number of amides is 1. The highest BCUT2D eigenvalue weighted by Crippen LogP contribution is 2.41. The number of aliphatic hydroxyl groups is 1. The lowest BCUT2D eigenvalue weighted by atomic mass is 10.00. The first-order valence-electron chi connectivity index (χ1n) is 9.52. The number of hydrogen-bond donors (Lipinski definition) is 1. The van der Waals surface area contributed by atoms with Crippen molar-refractivity contribution in [2.24, 2.45) is 0 Å². The van der Waals surface area contributed by atoms with Gasteiger partial charge in [0.15, 0.2) is 0 Å². The fourth-order valence-corrected chi connectivity index (χ4v) is 4.20. The Balaban J connectivity index is 1.99. The third kappa shape index (κ3) is 4.52. The molecule has 2 heterocycles. The number of methoxy groups -OCH3 is 1. The molecule has 29 heavy (non-hydrogen) atoms. The van der Waals surface area contributed by atoms with E-state index in [0.717, 1.165) is 4.88 Å². The summed E-state index contributed by atoms with van der Waals surface area (Å²) in [6, 6.07) is 10.0. The number of ether oxygens (including phenoxy) is 2. The number of rotatable bonds is 8. The molecule has 1 aliphatic heterocycles. The molecular weight excluding hydrogens is 390 g/mol. The second kappa shape index (κ2) is 9.24. The minimum atomic E-state index is -0.666. The van der Waals surface area contributed by atoms with Crippen molar-refractivity contribution >= 4 is 28.8 Å². The third-order valence-corrected chi connectivity index (χ3v) is 5.52. The molecule has 6 nitrogen and oxygen atoms in total. The molecule has 1 aromatic carbocycles. The lowest BCUT2D eigenvalue weighted by molar-refractivity contribution is -0.140. The van der Waals surface area contributed by atoms with Crippen LogP contribution in [0.4, 0.5) is 0 Å². The molecule has 1 aliphatic rings. The van der Waals surface area contributed by atoms with E-state index in [2.05, 4.69) is 0 Å². The first kappa shape index (κ1) is 21.1. The molecule has 1 N–H and O–H groups in total. The first-order valence-corrected chi connectivity index (χ1v) is 10.4. The Morgan fingerprint density at radius 1 is 1.21 bits per heavy atom. The summed E-state index contributed by atoms with van der Waals surface area (Å²) in [4.78, 5) is 27.9. The lowest BCUT2D eigenvalue weighted by Crippen LogP contribution is -2.31. The van der Waals surface area contributed by atoms with Gasteiger partial charge in [-0.25, -0.2) is 0 Å². The predicted molar refractivity (Wildman–Crippen MR) is 112 cm³/mol. The summed E-state index contributed by atoms with van der Waals surface area (Å²) in [7, 11) is 1.59. The second-order valence-corrected chi connectivity index (χ2v) is 8.02. The van der Waals surface area contributed by atoms with Crippen LogP contribution in [0.3, 0.4) is 0 Å². The topological polar surface area (TPSA) is 76.1 Å². The molecule has 1 fully saturated rings. The maximum absolute atomic E-state index is 12.8. The van der Waals surface area contributed by atoms with Gasteiger partial charge in [0.1, 0.15) is 11.5 Å². The Morgan fingerprint density at radius 3 is 2.52 bits per heavy atom. The van der Waals surface area contributed by atoms with Gasteiger partial charge in [-0.3, -0.25) is 9.59 Å². The number of hydrogen-bond acceptors (Lipinski definition) is 6. The quantitative estimate of drug-likeness (QED) is 0.305. The van der Waals surface area contributed by atoms with Crippen molar-refractivity contribution in [2.75, 3.05) is 20.3 Å². The highest BCUT2D eigenvalue weighted by atomic mass is 32.1. The van der Waals surface area contributed by atoms with E-state index in [1.165, 1.54) is 16.2 Å². The van der Waals surface area contributed by atoms with Crippen LogP contribution < -0.4 is 4.74 Å². The Morgan fingerprint density at radius 2 is 1.93 bits per heavy atom. The van der Waals surface area contributed by atoms with Crippen LogP contribution in [0.1, 0.15) is 36.8 Å². The van der Waals surface area contributed by atoms with Crippen LogP contribution in [-0.2, 0) is 14.3 Å². The van der Waals surface area contributed by atoms with E-state index in [1.54, 1.807) is 31.4 Å². The molecule has 0 radical (unpaired) electrons. The molecule has 1 atom stereocenters. The van der Waals surface area contributed by atoms with Crippen LogP contribution >= 0.6 is 11.3 Å². The van der Waals surface area contributed by atoms with Crippen molar-refractivity contribution in [1.82, 2.24) is 4.90 Å². The molecule has 2 aromatic rings. The molecule has 7 heteroatoms. The Hall–Kier alpha value is -2.64. The monoisotopic (exact) mass is 415 g/mol. The molecule has 1 saturated heterocycles.